The number of unbranched alkanes of at least 4 members (excludes halogenated alkanes) is 1. The lowest BCUT2D eigenvalue weighted by molar-refractivity contribution is 0.398. The SMILES string of the molecule is C#C.CCCCN(C)C. The second-order valence-corrected chi connectivity index (χ2v) is 2.16. The monoisotopic (exact) mass is 127 g/mol. The summed E-state index contributed by atoms with van der Waals surface area (Å²) in [6.45, 7) is 3.44. The first-order valence-electron chi connectivity index (χ1n) is 3.25. The van der Waals surface area contributed by atoms with Gasteiger partial charge in [0.05, 0.1) is 0 Å². The molecule has 0 saturated heterocycles. The average molecular weight is 127 g/mol. The van der Waals surface area contributed by atoms with E-state index in [0.717, 1.165) is 0 Å². The van der Waals surface area contributed by atoms with Crippen LogP contribution in [0.3, 0.4) is 0 Å². The van der Waals surface area contributed by atoms with E-state index in [0.29, 0.717) is 0 Å². The van der Waals surface area contributed by atoms with Crippen molar-refractivity contribution in [3.63, 3.8) is 0 Å². The Balaban J connectivity index is 0. The Morgan fingerprint density at radius 2 is 1.67 bits per heavy atom. The van der Waals surface area contributed by atoms with E-state index in [2.05, 4.69) is 38.8 Å². The minimum Gasteiger partial charge on any atom is -0.309 e. The van der Waals surface area contributed by atoms with Gasteiger partial charge in [0, 0.05) is 0 Å². The second kappa shape index (κ2) is 10.5. The lowest BCUT2D eigenvalue weighted by Crippen LogP contribution is -2.12. The summed E-state index contributed by atoms with van der Waals surface area (Å²) in [6.07, 6.45) is 10.6. The smallest absolute Gasteiger partial charge is 0.00249 e. The Morgan fingerprint density at radius 1 is 1.22 bits per heavy atom. The molecule has 0 atom stereocenters. The highest BCUT2D eigenvalue weighted by molar-refractivity contribution is 4.47. The van der Waals surface area contributed by atoms with Gasteiger partial charge in [-0.1, -0.05) is 13.3 Å². The standard InChI is InChI=1S/C6H15N.C2H2/c1-4-5-6-7(2)3;1-2/h4-6H2,1-3H3;1-2H. The van der Waals surface area contributed by atoms with E-state index in [1.807, 2.05) is 0 Å². The topological polar surface area (TPSA) is 3.24 Å². The van der Waals surface area contributed by atoms with E-state index in [9.17, 15) is 0 Å². The van der Waals surface area contributed by atoms with Crippen molar-refractivity contribution in [3.05, 3.63) is 0 Å². The zero-order valence-corrected chi connectivity index (χ0v) is 6.72. The van der Waals surface area contributed by atoms with Crippen molar-refractivity contribution >= 4 is 0 Å². The van der Waals surface area contributed by atoms with Crippen LogP contribution < -0.4 is 0 Å². The van der Waals surface area contributed by atoms with Gasteiger partial charge < -0.3 is 4.90 Å². The van der Waals surface area contributed by atoms with Crippen LogP contribution in [0.15, 0.2) is 0 Å². The van der Waals surface area contributed by atoms with E-state index in [1.165, 1.54) is 19.4 Å². The zero-order valence-electron chi connectivity index (χ0n) is 6.72. The summed E-state index contributed by atoms with van der Waals surface area (Å²) in [6, 6.07) is 0. The van der Waals surface area contributed by atoms with Crippen LogP contribution in [0.1, 0.15) is 19.8 Å². The molecule has 1 heteroatoms. The average Bonchev–Trinajstić information content (AvgIpc) is 1.88. The normalized spacial score (nSPS) is 8.22. The van der Waals surface area contributed by atoms with E-state index in [4.69, 9.17) is 0 Å². The minimum atomic E-state index is 1.23. The fraction of sp³-hybridized carbons (Fsp3) is 0.750. The Bertz CT molecular complexity index is 54.8. The molecule has 0 N–H and O–H groups in total. The first-order valence-corrected chi connectivity index (χ1v) is 3.25. The van der Waals surface area contributed by atoms with Crippen molar-refractivity contribution in [1.29, 1.82) is 0 Å². The van der Waals surface area contributed by atoms with Gasteiger partial charge >= 0.3 is 0 Å². The molecule has 0 spiro atoms. The molecule has 0 aromatic heterocycles. The van der Waals surface area contributed by atoms with Gasteiger partial charge in [0.25, 0.3) is 0 Å². The van der Waals surface area contributed by atoms with Gasteiger partial charge in [-0.2, -0.15) is 0 Å². The summed E-state index contributed by atoms with van der Waals surface area (Å²) in [5, 5.41) is 0. The van der Waals surface area contributed by atoms with Gasteiger partial charge in [0.2, 0.25) is 0 Å². The maximum Gasteiger partial charge on any atom is -0.00249 e. The van der Waals surface area contributed by atoms with Crippen molar-refractivity contribution < 1.29 is 0 Å². The van der Waals surface area contributed by atoms with Crippen molar-refractivity contribution in [2.24, 2.45) is 0 Å². The minimum absolute atomic E-state index is 1.23. The van der Waals surface area contributed by atoms with Crippen LogP contribution in [-0.4, -0.2) is 25.5 Å². The molecule has 0 aromatic rings. The van der Waals surface area contributed by atoms with Crippen LogP contribution in [0, 0.1) is 12.8 Å². The Morgan fingerprint density at radius 3 is 1.78 bits per heavy atom. The predicted octanol–water partition coefficient (Wildman–Crippen LogP) is 1.60. The summed E-state index contributed by atoms with van der Waals surface area (Å²) >= 11 is 0. The molecule has 0 rings (SSSR count). The molecule has 0 heterocycles. The summed E-state index contributed by atoms with van der Waals surface area (Å²) in [5.41, 5.74) is 0. The Labute approximate surface area is 59.1 Å². The van der Waals surface area contributed by atoms with Crippen molar-refractivity contribution in [2.45, 2.75) is 19.8 Å². The van der Waals surface area contributed by atoms with Gasteiger partial charge in [-0.25, -0.2) is 0 Å². The third-order valence-corrected chi connectivity index (χ3v) is 0.959. The predicted molar refractivity (Wildman–Crippen MR) is 43.4 cm³/mol. The molecule has 0 radical (unpaired) electrons. The van der Waals surface area contributed by atoms with Gasteiger partial charge in [-0.15, -0.1) is 12.8 Å². The van der Waals surface area contributed by atoms with Gasteiger partial charge in [-0.05, 0) is 27.1 Å². The summed E-state index contributed by atoms with van der Waals surface area (Å²) in [4.78, 5) is 2.21. The number of nitrogens with zero attached hydrogens (tertiary/aromatic N) is 1. The van der Waals surface area contributed by atoms with Gasteiger partial charge in [-0.3, -0.25) is 0 Å². The molecule has 54 valence electrons. The number of rotatable bonds is 3. The maximum atomic E-state index is 4.00. The van der Waals surface area contributed by atoms with Crippen LogP contribution in [-0.2, 0) is 0 Å². The fourth-order valence-electron chi connectivity index (χ4n) is 0.474. The van der Waals surface area contributed by atoms with E-state index >= 15 is 0 Å². The highest BCUT2D eigenvalue weighted by Crippen LogP contribution is 1.86. The Kier molecular flexibility index (Phi) is 13.2. The van der Waals surface area contributed by atoms with Crippen molar-refractivity contribution in [1.82, 2.24) is 4.90 Å². The molecule has 0 aliphatic carbocycles. The molecular weight excluding hydrogens is 110 g/mol. The maximum absolute atomic E-state index is 4.00. The third kappa shape index (κ3) is 18.5. The largest absolute Gasteiger partial charge is 0.309 e. The zero-order chi connectivity index (χ0) is 7.70. The first-order chi connectivity index (χ1) is 4.27. The van der Waals surface area contributed by atoms with E-state index < -0.39 is 0 Å². The molecular formula is C8H17N. The van der Waals surface area contributed by atoms with Crippen LogP contribution in [0.5, 0.6) is 0 Å². The fourth-order valence-corrected chi connectivity index (χ4v) is 0.474. The molecule has 0 aromatic carbocycles. The molecule has 0 unspecified atom stereocenters. The quantitative estimate of drug-likeness (QED) is 0.520. The molecule has 0 aliphatic rings. The number of hydrogen-bond donors (Lipinski definition) is 0. The molecule has 0 saturated carbocycles. The third-order valence-electron chi connectivity index (χ3n) is 0.959. The van der Waals surface area contributed by atoms with Gasteiger partial charge in [0.15, 0.2) is 0 Å². The molecule has 9 heavy (non-hydrogen) atoms. The second-order valence-electron chi connectivity index (χ2n) is 2.16. The molecule has 1 nitrogen and oxygen atoms in total. The lowest BCUT2D eigenvalue weighted by Gasteiger charge is -2.05. The molecule has 0 bridgehead atoms. The van der Waals surface area contributed by atoms with Crippen molar-refractivity contribution in [2.75, 3.05) is 20.6 Å². The first kappa shape index (κ1) is 11.3. The lowest BCUT2D eigenvalue weighted by atomic mass is 10.3. The van der Waals surface area contributed by atoms with Crippen molar-refractivity contribution in [3.8, 4) is 12.8 Å². The highest BCUT2D eigenvalue weighted by atomic mass is 15.0. The summed E-state index contributed by atoms with van der Waals surface area (Å²) < 4.78 is 0. The summed E-state index contributed by atoms with van der Waals surface area (Å²) in [7, 11) is 4.21. The van der Waals surface area contributed by atoms with Crippen LogP contribution in [0.4, 0.5) is 0 Å². The highest BCUT2D eigenvalue weighted by Gasteiger charge is 1.83. The van der Waals surface area contributed by atoms with Crippen LogP contribution in [0.25, 0.3) is 0 Å². The van der Waals surface area contributed by atoms with Crippen LogP contribution >= 0.6 is 0 Å². The van der Waals surface area contributed by atoms with Gasteiger partial charge in [0.1, 0.15) is 0 Å². The van der Waals surface area contributed by atoms with E-state index in [1.54, 1.807) is 0 Å². The number of hydrogen-bond acceptors (Lipinski definition) is 1. The van der Waals surface area contributed by atoms with E-state index in [-0.39, 0.29) is 0 Å². The summed E-state index contributed by atoms with van der Waals surface area (Å²) in [5.74, 6) is 0. The number of terminal acetylenes is 1. The Hall–Kier alpha value is -0.480. The molecule has 0 amide bonds. The van der Waals surface area contributed by atoms with Crippen LogP contribution in [0.2, 0.25) is 0 Å². The molecule has 0 aliphatic heterocycles. The molecule has 0 fully saturated rings.